The summed E-state index contributed by atoms with van der Waals surface area (Å²) in [6.07, 6.45) is 5.92. The topological polar surface area (TPSA) is 15.6 Å². The van der Waals surface area contributed by atoms with Gasteiger partial charge in [0.2, 0.25) is 0 Å². The molecule has 7 aromatic rings. The Labute approximate surface area is 267 Å². The zero-order valence-corrected chi connectivity index (χ0v) is 25.0. The largest absolute Gasteiger partial charge is 0.318 e. The van der Waals surface area contributed by atoms with E-state index in [0.717, 1.165) is 44.4 Å². The van der Waals surface area contributed by atoms with Crippen LogP contribution in [-0.2, 0) is 0 Å². The molecular formula is C43H29FN2. The number of nitrogens with zero attached hydrogens (tertiary/aromatic N) is 2. The number of hydrogen-bond acceptors (Lipinski definition) is 2. The second-order valence-electron chi connectivity index (χ2n) is 12.0. The molecule has 0 bridgehead atoms. The molecule has 3 heteroatoms. The Kier molecular flexibility index (Phi) is 6.17. The van der Waals surface area contributed by atoms with Crippen molar-refractivity contribution in [3.05, 3.63) is 169 Å². The first-order valence-corrected chi connectivity index (χ1v) is 15.7. The lowest BCUT2D eigenvalue weighted by Gasteiger charge is -2.28. The van der Waals surface area contributed by atoms with Gasteiger partial charge in [-0.25, -0.2) is 4.39 Å². The monoisotopic (exact) mass is 592 g/mol. The van der Waals surface area contributed by atoms with Gasteiger partial charge in [-0.1, -0.05) is 121 Å². The fourth-order valence-corrected chi connectivity index (χ4v) is 7.48. The van der Waals surface area contributed by atoms with Crippen LogP contribution in [0.1, 0.15) is 11.5 Å². The Bertz CT molecular complexity index is 2340. The van der Waals surface area contributed by atoms with Crippen molar-refractivity contribution in [3.63, 3.8) is 0 Å². The van der Waals surface area contributed by atoms with Crippen LogP contribution < -0.4 is 4.90 Å². The number of hydrogen-bond donors (Lipinski definition) is 0. The van der Waals surface area contributed by atoms with Crippen LogP contribution in [-0.4, -0.2) is 12.4 Å². The Morgan fingerprint density at radius 1 is 0.543 bits per heavy atom. The van der Waals surface area contributed by atoms with Crippen LogP contribution >= 0.6 is 0 Å². The number of allylic oxidation sites excluding steroid dienone is 1. The van der Waals surface area contributed by atoms with Crippen LogP contribution in [0.2, 0.25) is 0 Å². The van der Waals surface area contributed by atoms with Gasteiger partial charge in [0.25, 0.3) is 0 Å². The van der Waals surface area contributed by atoms with E-state index in [4.69, 9.17) is 4.99 Å². The number of rotatable bonds is 4. The van der Waals surface area contributed by atoms with Crippen LogP contribution in [0.15, 0.2) is 163 Å². The summed E-state index contributed by atoms with van der Waals surface area (Å²) >= 11 is 0. The van der Waals surface area contributed by atoms with Gasteiger partial charge in [0.15, 0.2) is 0 Å². The van der Waals surface area contributed by atoms with E-state index in [0.29, 0.717) is 5.56 Å². The van der Waals surface area contributed by atoms with Crippen molar-refractivity contribution < 1.29 is 4.39 Å². The number of halogens is 1. The van der Waals surface area contributed by atoms with Gasteiger partial charge in [-0.05, 0) is 91.3 Å². The third-order valence-electron chi connectivity index (χ3n) is 9.48. The minimum absolute atomic E-state index is 0.119. The minimum Gasteiger partial charge on any atom is -0.318 e. The highest BCUT2D eigenvalue weighted by Gasteiger charge is 2.38. The summed E-state index contributed by atoms with van der Waals surface area (Å²) in [6, 6.07) is 50.1. The van der Waals surface area contributed by atoms with Crippen LogP contribution in [0.25, 0.3) is 54.9 Å². The molecule has 218 valence electrons. The lowest BCUT2D eigenvalue weighted by Crippen LogP contribution is -2.29. The summed E-state index contributed by atoms with van der Waals surface area (Å²) in [5.74, 6) is -0.104. The molecule has 0 saturated carbocycles. The van der Waals surface area contributed by atoms with Crippen molar-refractivity contribution >= 4 is 39.1 Å². The van der Waals surface area contributed by atoms with Crippen molar-refractivity contribution in [2.75, 3.05) is 4.90 Å². The van der Waals surface area contributed by atoms with Crippen LogP contribution in [0.5, 0.6) is 0 Å². The quantitative estimate of drug-likeness (QED) is 0.186. The molecule has 2 aliphatic rings. The van der Waals surface area contributed by atoms with Gasteiger partial charge in [-0.15, -0.1) is 0 Å². The molecule has 2 heterocycles. The molecule has 0 amide bonds. The molecule has 0 radical (unpaired) electrons. The van der Waals surface area contributed by atoms with Crippen molar-refractivity contribution in [1.82, 2.24) is 0 Å². The summed E-state index contributed by atoms with van der Waals surface area (Å²) in [5, 5.41) is 4.63. The molecule has 9 rings (SSSR count). The molecule has 2 aliphatic heterocycles. The molecule has 7 aromatic carbocycles. The van der Waals surface area contributed by atoms with Crippen LogP contribution in [0.4, 0.5) is 15.8 Å². The van der Waals surface area contributed by atoms with Crippen molar-refractivity contribution in [3.8, 4) is 33.4 Å². The summed E-state index contributed by atoms with van der Waals surface area (Å²) < 4.78 is 16.3. The maximum Gasteiger partial charge on any atom is 0.135 e. The van der Waals surface area contributed by atoms with E-state index >= 15 is 4.39 Å². The van der Waals surface area contributed by atoms with Gasteiger partial charge in [0.1, 0.15) is 12.0 Å². The molecule has 0 fully saturated rings. The molecule has 2 unspecified atom stereocenters. The summed E-state index contributed by atoms with van der Waals surface area (Å²) in [4.78, 5) is 6.96. The second kappa shape index (κ2) is 10.7. The predicted octanol–water partition coefficient (Wildman–Crippen LogP) is 11.3. The summed E-state index contributed by atoms with van der Waals surface area (Å²) in [7, 11) is 0. The Morgan fingerprint density at radius 3 is 1.89 bits per heavy atom. The molecule has 2 nitrogen and oxygen atoms in total. The van der Waals surface area contributed by atoms with E-state index in [-0.39, 0.29) is 17.9 Å². The van der Waals surface area contributed by atoms with E-state index in [1.807, 2.05) is 36.6 Å². The number of benzene rings is 7. The first-order valence-electron chi connectivity index (χ1n) is 15.7. The van der Waals surface area contributed by atoms with E-state index < -0.39 is 0 Å². The zero-order valence-electron chi connectivity index (χ0n) is 25.0. The normalized spacial score (nSPS) is 16.6. The maximum atomic E-state index is 16.3. The highest BCUT2D eigenvalue weighted by molar-refractivity contribution is 6.22. The van der Waals surface area contributed by atoms with E-state index in [9.17, 15) is 0 Å². The average molecular weight is 593 g/mol. The van der Waals surface area contributed by atoms with E-state index in [2.05, 4.69) is 126 Å². The maximum absolute atomic E-state index is 16.3. The SMILES string of the molecule is Fc1cc(N2c3ccccc3C3C=CC=NC32)ccc1-c1ccc2c(-c3ccccc3)c3ccccc3c(-c3ccccc3)c2c1. The third kappa shape index (κ3) is 4.13. The fourth-order valence-electron chi connectivity index (χ4n) is 7.48. The molecule has 0 saturated heterocycles. The average Bonchev–Trinajstić information content (AvgIpc) is 3.45. The second-order valence-corrected chi connectivity index (χ2v) is 12.0. The Morgan fingerprint density at radius 2 is 1.17 bits per heavy atom. The molecule has 0 aromatic heterocycles. The summed E-state index contributed by atoms with van der Waals surface area (Å²) in [6.45, 7) is 0. The van der Waals surface area contributed by atoms with Crippen molar-refractivity contribution in [2.45, 2.75) is 12.1 Å². The smallest absolute Gasteiger partial charge is 0.135 e. The predicted molar refractivity (Wildman–Crippen MR) is 190 cm³/mol. The van der Waals surface area contributed by atoms with Gasteiger partial charge >= 0.3 is 0 Å². The molecule has 0 aliphatic carbocycles. The van der Waals surface area contributed by atoms with Gasteiger partial charge < -0.3 is 4.90 Å². The van der Waals surface area contributed by atoms with Gasteiger partial charge in [0.05, 0.1) is 0 Å². The first-order chi connectivity index (χ1) is 22.8. The lowest BCUT2D eigenvalue weighted by molar-refractivity contribution is 0.626. The summed E-state index contributed by atoms with van der Waals surface area (Å²) in [5.41, 5.74) is 9.18. The fraction of sp³-hybridized carbons (Fsp3) is 0.0465. The lowest BCUT2D eigenvalue weighted by atomic mass is 9.85. The van der Waals surface area contributed by atoms with Crippen molar-refractivity contribution in [2.24, 2.45) is 4.99 Å². The third-order valence-corrected chi connectivity index (χ3v) is 9.48. The minimum atomic E-state index is -0.251. The zero-order chi connectivity index (χ0) is 30.6. The molecule has 0 spiro atoms. The standard InChI is InChI=1S/C43H29FN2/c44-39-27-31(46-40-20-10-9-16-33(40)37-19-11-25-45-43(37)46)22-24-32(39)30-21-23-36-38(26-30)42(29-14-5-2-6-15-29)35-18-8-7-17-34(35)41(36)28-12-3-1-4-13-28/h1-27,37,43H. The Hall–Kier alpha value is -5.80. The van der Waals surface area contributed by atoms with Gasteiger partial charge in [-0.2, -0.15) is 0 Å². The van der Waals surface area contributed by atoms with E-state index in [1.54, 1.807) is 6.07 Å². The van der Waals surface area contributed by atoms with E-state index in [1.165, 1.54) is 21.9 Å². The van der Waals surface area contributed by atoms with Gasteiger partial charge in [0, 0.05) is 29.1 Å². The van der Waals surface area contributed by atoms with Gasteiger partial charge in [-0.3, -0.25) is 4.99 Å². The molecule has 2 atom stereocenters. The Balaban J connectivity index is 1.24. The van der Waals surface area contributed by atoms with Crippen LogP contribution in [0, 0.1) is 5.82 Å². The molecule has 0 N–H and O–H groups in total. The number of aliphatic imine (C=N–C) groups is 1. The van der Waals surface area contributed by atoms with Crippen molar-refractivity contribution in [1.29, 1.82) is 0 Å². The number of para-hydroxylation sites is 1. The number of anilines is 2. The van der Waals surface area contributed by atoms with Crippen LogP contribution in [0.3, 0.4) is 0 Å². The number of dihydropyridines is 1. The molecular weight excluding hydrogens is 563 g/mol. The molecule has 46 heavy (non-hydrogen) atoms. The highest BCUT2D eigenvalue weighted by atomic mass is 19.1. The first kappa shape index (κ1) is 26.6. The highest BCUT2D eigenvalue weighted by Crippen LogP contribution is 2.48. The number of fused-ring (bicyclic) bond motifs is 5.